The summed E-state index contributed by atoms with van der Waals surface area (Å²) < 4.78 is 0. The van der Waals surface area contributed by atoms with Crippen LogP contribution in [-0.4, -0.2) is 10.8 Å². The molecule has 0 aliphatic rings. The normalized spacial score (nSPS) is 10.7. The number of rotatable bonds is 4. The van der Waals surface area contributed by atoms with E-state index in [0.29, 0.717) is 15.0 Å². The number of carbonyl (C=O) groups is 1. The number of benzene rings is 1. The van der Waals surface area contributed by atoms with Gasteiger partial charge >= 0.3 is 0 Å². The maximum atomic E-state index is 11.9. The summed E-state index contributed by atoms with van der Waals surface area (Å²) in [6.45, 7) is 3.68. The Bertz CT molecular complexity index is 610. The molecule has 0 unspecified atom stereocenters. The summed E-state index contributed by atoms with van der Waals surface area (Å²) in [7, 11) is 0. The Morgan fingerprint density at radius 1 is 1.47 bits per heavy atom. The molecule has 0 aliphatic carbocycles. The molecule has 0 bridgehead atoms. The molecule has 6 heteroatoms. The van der Waals surface area contributed by atoms with Gasteiger partial charge in [-0.05, 0) is 18.2 Å². The molecule has 0 radical (unpaired) electrons. The average Bonchev–Trinajstić information content (AvgIpc) is 2.69. The number of halogens is 1. The number of nitrogens with one attached hydrogen (secondary N) is 1. The van der Waals surface area contributed by atoms with Crippen molar-refractivity contribution in [1.82, 2.24) is 4.98 Å². The maximum absolute atomic E-state index is 11.9. The Kier molecular flexibility index (Phi) is 4.07. The van der Waals surface area contributed by atoms with Crippen LogP contribution in [0.4, 0.5) is 16.6 Å². The Labute approximate surface area is 120 Å². The summed E-state index contributed by atoms with van der Waals surface area (Å²) >= 11 is 7.16. The first-order chi connectivity index (χ1) is 8.97. The van der Waals surface area contributed by atoms with Crippen LogP contribution in [0.1, 0.15) is 23.5 Å². The highest BCUT2D eigenvalue weighted by Gasteiger charge is 2.18. The number of thiazole rings is 1. The van der Waals surface area contributed by atoms with E-state index in [9.17, 15) is 4.79 Å². The van der Waals surface area contributed by atoms with Crippen LogP contribution in [0, 0.1) is 5.92 Å². The summed E-state index contributed by atoms with van der Waals surface area (Å²) in [6, 6.07) is 7.27. The third-order valence-corrected chi connectivity index (χ3v) is 3.71. The molecule has 19 heavy (non-hydrogen) atoms. The summed E-state index contributed by atoms with van der Waals surface area (Å²) in [5, 5.41) is 4.31. The van der Waals surface area contributed by atoms with E-state index in [1.807, 2.05) is 26.0 Å². The first-order valence-corrected chi connectivity index (χ1v) is 7.00. The molecule has 2 aromatic rings. The van der Waals surface area contributed by atoms with Crippen LogP contribution >= 0.6 is 22.9 Å². The van der Waals surface area contributed by atoms with Gasteiger partial charge in [-0.25, -0.2) is 4.98 Å². The first-order valence-electron chi connectivity index (χ1n) is 5.80. The smallest absolute Gasteiger partial charge is 0.189 e. The van der Waals surface area contributed by atoms with Gasteiger partial charge in [-0.2, -0.15) is 0 Å². The Balaban J connectivity index is 2.23. The zero-order valence-corrected chi connectivity index (χ0v) is 12.2. The number of aromatic nitrogens is 1. The number of nitrogens with two attached hydrogens (primary N) is 1. The number of ketones is 1. The molecule has 0 saturated carbocycles. The second kappa shape index (κ2) is 5.59. The third kappa shape index (κ3) is 3.24. The van der Waals surface area contributed by atoms with Gasteiger partial charge in [-0.3, -0.25) is 4.79 Å². The SMILES string of the molecule is CC(C)C(=O)c1sc(Nc2cccc(Cl)c2)nc1N. The van der Waals surface area contributed by atoms with E-state index in [1.165, 1.54) is 11.3 Å². The Hall–Kier alpha value is -1.59. The molecule has 1 aromatic carbocycles. The van der Waals surface area contributed by atoms with Crippen LogP contribution in [0.15, 0.2) is 24.3 Å². The van der Waals surface area contributed by atoms with Gasteiger partial charge in [0.25, 0.3) is 0 Å². The molecule has 0 atom stereocenters. The number of hydrogen-bond acceptors (Lipinski definition) is 5. The van der Waals surface area contributed by atoms with Gasteiger partial charge in [0.05, 0.1) is 0 Å². The third-order valence-electron chi connectivity index (χ3n) is 2.48. The topological polar surface area (TPSA) is 68.0 Å². The lowest BCUT2D eigenvalue weighted by molar-refractivity contribution is 0.0944. The lowest BCUT2D eigenvalue weighted by Crippen LogP contribution is -2.07. The average molecular weight is 296 g/mol. The van der Waals surface area contributed by atoms with Gasteiger partial charge in [0.1, 0.15) is 10.7 Å². The van der Waals surface area contributed by atoms with Gasteiger partial charge in [0.2, 0.25) is 0 Å². The van der Waals surface area contributed by atoms with E-state index in [0.717, 1.165) is 5.69 Å². The van der Waals surface area contributed by atoms with Crippen LogP contribution in [0.5, 0.6) is 0 Å². The highest BCUT2D eigenvalue weighted by Crippen LogP contribution is 2.30. The first kappa shape index (κ1) is 13.8. The number of Topliss-reactive ketones (excluding diaryl/α,β-unsaturated/α-hetero) is 1. The van der Waals surface area contributed by atoms with E-state index in [2.05, 4.69) is 10.3 Å². The van der Waals surface area contributed by atoms with Gasteiger partial charge in [-0.1, -0.05) is 42.9 Å². The molecular formula is C13H14ClN3OS. The second-order valence-corrected chi connectivity index (χ2v) is 5.82. The van der Waals surface area contributed by atoms with Gasteiger partial charge in [0.15, 0.2) is 10.9 Å². The predicted octanol–water partition coefficient (Wildman–Crippen LogP) is 3.96. The molecule has 0 fully saturated rings. The van der Waals surface area contributed by atoms with Gasteiger partial charge < -0.3 is 11.1 Å². The fourth-order valence-electron chi connectivity index (χ4n) is 1.51. The van der Waals surface area contributed by atoms with Crippen LogP contribution in [0.25, 0.3) is 0 Å². The summed E-state index contributed by atoms with van der Waals surface area (Å²) in [6.07, 6.45) is 0. The van der Waals surface area contributed by atoms with E-state index in [1.54, 1.807) is 12.1 Å². The van der Waals surface area contributed by atoms with Crippen LogP contribution in [0.3, 0.4) is 0 Å². The van der Waals surface area contributed by atoms with Crippen molar-refractivity contribution >= 4 is 45.4 Å². The lowest BCUT2D eigenvalue weighted by atomic mass is 10.1. The largest absolute Gasteiger partial charge is 0.382 e. The fraction of sp³-hybridized carbons (Fsp3) is 0.231. The Morgan fingerprint density at radius 3 is 2.84 bits per heavy atom. The Morgan fingerprint density at radius 2 is 2.21 bits per heavy atom. The zero-order chi connectivity index (χ0) is 14.0. The van der Waals surface area contributed by atoms with Crippen molar-refractivity contribution in [2.45, 2.75) is 13.8 Å². The van der Waals surface area contributed by atoms with E-state index in [4.69, 9.17) is 17.3 Å². The standard InChI is InChI=1S/C13H14ClN3OS/c1-7(2)10(18)11-12(15)17-13(19-11)16-9-5-3-4-8(14)6-9/h3-7H,15H2,1-2H3,(H,16,17). The summed E-state index contributed by atoms with van der Waals surface area (Å²) in [5.41, 5.74) is 6.59. The zero-order valence-electron chi connectivity index (χ0n) is 10.6. The molecule has 0 aliphatic heterocycles. The van der Waals surface area contributed by atoms with Crippen molar-refractivity contribution in [2.75, 3.05) is 11.1 Å². The van der Waals surface area contributed by atoms with Gasteiger partial charge in [0, 0.05) is 16.6 Å². The number of nitrogen functional groups attached to an aromatic ring is 1. The molecule has 100 valence electrons. The molecule has 1 heterocycles. The lowest BCUT2D eigenvalue weighted by Gasteiger charge is -2.02. The van der Waals surface area contributed by atoms with E-state index < -0.39 is 0 Å². The fourth-order valence-corrected chi connectivity index (χ4v) is 2.70. The minimum atomic E-state index is -0.0956. The van der Waals surface area contributed by atoms with Crippen LogP contribution < -0.4 is 11.1 Å². The molecule has 3 N–H and O–H groups in total. The minimum absolute atomic E-state index is 0.00847. The molecular weight excluding hydrogens is 282 g/mol. The van der Waals surface area contributed by atoms with Gasteiger partial charge in [-0.15, -0.1) is 0 Å². The minimum Gasteiger partial charge on any atom is -0.382 e. The van der Waals surface area contributed by atoms with Crippen molar-refractivity contribution in [2.24, 2.45) is 5.92 Å². The monoisotopic (exact) mass is 295 g/mol. The predicted molar refractivity (Wildman–Crippen MR) is 80.4 cm³/mol. The van der Waals surface area contributed by atoms with Crippen molar-refractivity contribution in [3.8, 4) is 0 Å². The highest BCUT2D eigenvalue weighted by atomic mass is 35.5. The van der Waals surface area contributed by atoms with Crippen molar-refractivity contribution in [1.29, 1.82) is 0 Å². The second-order valence-electron chi connectivity index (χ2n) is 4.39. The van der Waals surface area contributed by atoms with E-state index >= 15 is 0 Å². The number of hydrogen-bond donors (Lipinski definition) is 2. The maximum Gasteiger partial charge on any atom is 0.189 e. The van der Waals surface area contributed by atoms with Crippen molar-refractivity contribution < 1.29 is 4.79 Å². The molecule has 0 spiro atoms. The molecule has 4 nitrogen and oxygen atoms in total. The number of anilines is 3. The highest BCUT2D eigenvalue weighted by molar-refractivity contribution is 7.18. The van der Waals surface area contributed by atoms with Crippen LogP contribution in [-0.2, 0) is 0 Å². The van der Waals surface area contributed by atoms with Crippen molar-refractivity contribution in [3.63, 3.8) is 0 Å². The number of carbonyl (C=O) groups excluding carboxylic acids is 1. The molecule has 1 aromatic heterocycles. The van der Waals surface area contributed by atoms with Crippen molar-refractivity contribution in [3.05, 3.63) is 34.2 Å². The number of nitrogens with zero attached hydrogens (tertiary/aromatic N) is 1. The van der Waals surface area contributed by atoms with Crippen LogP contribution in [0.2, 0.25) is 5.02 Å². The molecule has 0 saturated heterocycles. The quantitative estimate of drug-likeness (QED) is 0.838. The van der Waals surface area contributed by atoms with E-state index in [-0.39, 0.29) is 17.5 Å². The molecule has 2 rings (SSSR count). The summed E-state index contributed by atoms with van der Waals surface area (Å²) in [5.74, 6) is 0.184. The molecule has 0 amide bonds. The summed E-state index contributed by atoms with van der Waals surface area (Å²) in [4.78, 5) is 16.6.